The minimum Gasteiger partial charge on any atom is -0.461 e. The van der Waals surface area contributed by atoms with Crippen LogP contribution in [0.4, 0.5) is 5.69 Å². The third kappa shape index (κ3) is 4.36. The summed E-state index contributed by atoms with van der Waals surface area (Å²) in [5.41, 5.74) is 3.01. The lowest BCUT2D eigenvalue weighted by Crippen LogP contribution is -2.15. The number of oxazole rings is 1. The first-order valence-corrected chi connectivity index (χ1v) is 10.5. The van der Waals surface area contributed by atoms with Gasteiger partial charge >= 0.3 is 0 Å². The van der Waals surface area contributed by atoms with E-state index in [0.29, 0.717) is 40.4 Å². The minimum absolute atomic E-state index is 0.165. The number of nitrogens with one attached hydrogen (secondary N) is 1. The zero-order valence-electron chi connectivity index (χ0n) is 16.1. The Balaban J connectivity index is 1.24. The van der Waals surface area contributed by atoms with Crippen LogP contribution in [-0.4, -0.2) is 26.8 Å². The summed E-state index contributed by atoms with van der Waals surface area (Å²) in [6.45, 7) is 0. The Morgan fingerprint density at radius 1 is 1.00 bits per heavy atom. The van der Waals surface area contributed by atoms with E-state index in [1.807, 2.05) is 48.5 Å². The average molecular weight is 432 g/mol. The summed E-state index contributed by atoms with van der Waals surface area (Å²) in [5, 5.41) is 7.33. The van der Waals surface area contributed by atoms with E-state index in [2.05, 4.69) is 20.4 Å². The number of carbonyl (C=O) groups excluding carboxylic acids is 1. The Morgan fingerprint density at radius 2 is 1.87 bits per heavy atom. The van der Waals surface area contributed by atoms with Gasteiger partial charge in [-0.25, -0.2) is 4.98 Å². The third-order valence-corrected chi connectivity index (χ3v) is 5.27. The normalized spacial score (nSPS) is 11.1. The first-order valence-electron chi connectivity index (χ1n) is 9.47. The second-order valence-electron chi connectivity index (χ2n) is 6.61. The molecule has 5 rings (SSSR count). The smallest absolute Gasteiger partial charge is 0.257 e. The summed E-state index contributed by atoms with van der Waals surface area (Å²) in [5.74, 6) is 1.35. The summed E-state index contributed by atoms with van der Waals surface area (Å²) in [4.78, 5) is 21.2. The number of carbonyl (C=O) groups is 1. The molecule has 0 fully saturated rings. The zero-order chi connectivity index (χ0) is 21.0. The monoisotopic (exact) mass is 432 g/mol. The molecule has 31 heavy (non-hydrogen) atoms. The highest BCUT2D eigenvalue weighted by molar-refractivity contribution is 7.99. The molecule has 0 saturated carbocycles. The molecule has 5 aromatic rings. The van der Waals surface area contributed by atoms with Crippen LogP contribution in [0.5, 0.6) is 0 Å². The highest BCUT2D eigenvalue weighted by atomic mass is 32.2. The molecule has 0 saturated heterocycles. The van der Waals surface area contributed by atoms with Crippen molar-refractivity contribution in [1.29, 1.82) is 0 Å². The maximum absolute atomic E-state index is 12.5. The van der Waals surface area contributed by atoms with Gasteiger partial charge in [0.05, 0.1) is 18.4 Å². The van der Waals surface area contributed by atoms with Crippen LogP contribution in [-0.2, 0) is 11.2 Å². The van der Waals surface area contributed by atoms with Gasteiger partial charge in [-0.3, -0.25) is 4.79 Å². The Hall–Kier alpha value is -3.85. The topological polar surface area (TPSA) is 107 Å². The van der Waals surface area contributed by atoms with Crippen molar-refractivity contribution in [2.75, 3.05) is 11.1 Å². The van der Waals surface area contributed by atoms with Crippen molar-refractivity contribution in [2.24, 2.45) is 0 Å². The molecule has 1 amide bonds. The molecular formula is C22H16N4O4S. The van der Waals surface area contributed by atoms with Crippen molar-refractivity contribution in [2.45, 2.75) is 11.6 Å². The number of nitrogens with zero attached hydrogens (tertiary/aromatic N) is 3. The molecule has 0 radical (unpaired) electrons. The molecule has 1 N–H and O–H groups in total. The molecule has 8 nitrogen and oxygen atoms in total. The number of rotatable bonds is 7. The molecule has 0 aliphatic heterocycles. The predicted octanol–water partition coefficient (Wildman–Crippen LogP) is 4.79. The van der Waals surface area contributed by atoms with Gasteiger partial charge in [-0.15, -0.1) is 0 Å². The van der Waals surface area contributed by atoms with Gasteiger partial charge in [-0.2, -0.15) is 4.98 Å². The molecule has 3 heterocycles. The Kier molecular flexibility index (Phi) is 5.24. The molecule has 3 aromatic heterocycles. The minimum atomic E-state index is -0.165. The van der Waals surface area contributed by atoms with Crippen LogP contribution in [0.15, 0.2) is 85.5 Å². The van der Waals surface area contributed by atoms with Crippen molar-refractivity contribution >= 4 is 34.5 Å². The number of hydrogen-bond acceptors (Lipinski definition) is 8. The van der Waals surface area contributed by atoms with Crippen LogP contribution in [0.2, 0.25) is 0 Å². The molecule has 0 spiro atoms. The van der Waals surface area contributed by atoms with E-state index in [1.54, 1.807) is 18.4 Å². The van der Waals surface area contributed by atoms with E-state index in [9.17, 15) is 4.79 Å². The molecule has 154 valence electrons. The second kappa shape index (κ2) is 8.49. The van der Waals surface area contributed by atoms with Crippen LogP contribution in [0.3, 0.4) is 0 Å². The summed E-state index contributed by atoms with van der Waals surface area (Å²) < 4.78 is 16.3. The molecule has 0 atom stereocenters. The number of benzene rings is 2. The standard InChI is InChI=1S/C22H16N4O4S/c27-19(13-31-22-24-16-8-3-4-9-17(16)29-22)23-15-7-2-1-6-14(15)12-20-25-21(26-30-20)18-10-5-11-28-18/h1-11H,12-13H2,(H,23,27). The quantitative estimate of drug-likeness (QED) is 0.366. The zero-order valence-corrected chi connectivity index (χ0v) is 17.0. The SMILES string of the molecule is O=C(CSc1nc2ccccc2o1)Nc1ccccc1Cc1nc(-c2ccco2)no1. The van der Waals surface area contributed by atoms with Gasteiger partial charge in [0.25, 0.3) is 5.22 Å². The summed E-state index contributed by atoms with van der Waals surface area (Å²) in [7, 11) is 0. The lowest BCUT2D eigenvalue weighted by molar-refractivity contribution is -0.113. The van der Waals surface area contributed by atoms with Gasteiger partial charge in [0, 0.05) is 5.69 Å². The second-order valence-corrected chi connectivity index (χ2v) is 7.53. The highest BCUT2D eigenvalue weighted by Gasteiger charge is 2.15. The van der Waals surface area contributed by atoms with Gasteiger partial charge in [0.1, 0.15) is 5.52 Å². The third-order valence-electron chi connectivity index (χ3n) is 4.44. The number of furan rings is 1. The van der Waals surface area contributed by atoms with Crippen molar-refractivity contribution in [3.05, 3.63) is 78.4 Å². The summed E-state index contributed by atoms with van der Waals surface area (Å²) in [6.07, 6.45) is 1.93. The van der Waals surface area contributed by atoms with Gasteiger partial charge < -0.3 is 18.7 Å². The van der Waals surface area contributed by atoms with Crippen molar-refractivity contribution in [3.63, 3.8) is 0 Å². The van der Waals surface area contributed by atoms with Gasteiger partial charge in [0.15, 0.2) is 11.3 Å². The number of amides is 1. The fourth-order valence-corrected chi connectivity index (χ4v) is 3.66. The van der Waals surface area contributed by atoms with E-state index in [-0.39, 0.29) is 11.7 Å². The number of thioether (sulfide) groups is 1. The molecule has 9 heteroatoms. The Labute approximate surface area is 180 Å². The van der Waals surface area contributed by atoms with Crippen LogP contribution in [0.1, 0.15) is 11.5 Å². The van der Waals surface area contributed by atoms with Crippen molar-refractivity contribution < 1.29 is 18.2 Å². The lowest BCUT2D eigenvalue weighted by atomic mass is 10.1. The maximum Gasteiger partial charge on any atom is 0.257 e. The summed E-state index contributed by atoms with van der Waals surface area (Å²) in [6, 6.07) is 18.5. The molecule has 0 aliphatic carbocycles. The van der Waals surface area contributed by atoms with Crippen LogP contribution < -0.4 is 5.32 Å². The van der Waals surface area contributed by atoms with Crippen LogP contribution in [0, 0.1) is 0 Å². The molecule has 0 bridgehead atoms. The fraction of sp³-hybridized carbons (Fsp3) is 0.0909. The number of fused-ring (bicyclic) bond motifs is 1. The average Bonchev–Trinajstić information content (AvgIpc) is 3.53. The van der Waals surface area contributed by atoms with Crippen molar-refractivity contribution in [3.8, 4) is 11.6 Å². The first kappa shape index (κ1) is 19.1. The molecular weight excluding hydrogens is 416 g/mol. The lowest BCUT2D eigenvalue weighted by Gasteiger charge is -2.09. The van der Waals surface area contributed by atoms with E-state index in [1.165, 1.54) is 11.8 Å². The number of para-hydroxylation sites is 3. The van der Waals surface area contributed by atoms with Gasteiger partial charge in [-0.1, -0.05) is 47.3 Å². The maximum atomic E-state index is 12.5. The highest BCUT2D eigenvalue weighted by Crippen LogP contribution is 2.24. The predicted molar refractivity (Wildman–Crippen MR) is 115 cm³/mol. The van der Waals surface area contributed by atoms with Crippen molar-refractivity contribution in [1.82, 2.24) is 15.1 Å². The molecule has 0 aliphatic rings. The fourth-order valence-electron chi connectivity index (χ4n) is 3.02. The number of aromatic nitrogens is 3. The van der Waals surface area contributed by atoms with Crippen LogP contribution >= 0.6 is 11.8 Å². The van der Waals surface area contributed by atoms with E-state index < -0.39 is 0 Å². The number of anilines is 1. The molecule has 2 aromatic carbocycles. The van der Waals surface area contributed by atoms with E-state index >= 15 is 0 Å². The first-order chi connectivity index (χ1) is 15.2. The van der Waals surface area contributed by atoms with Crippen LogP contribution in [0.25, 0.3) is 22.7 Å². The summed E-state index contributed by atoms with van der Waals surface area (Å²) >= 11 is 1.24. The van der Waals surface area contributed by atoms with Gasteiger partial charge in [-0.05, 0) is 35.9 Å². The Bertz CT molecular complexity index is 1290. The van der Waals surface area contributed by atoms with E-state index in [4.69, 9.17) is 13.4 Å². The largest absolute Gasteiger partial charge is 0.461 e. The molecule has 0 unspecified atom stereocenters. The van der Waals surface area contributed by atoms with E-state index in [0.717, 1.165) is 11.1 Å². The number of hydrogen-bond donors (Lipinski definition) is 1. The Morgan fingerprint density at radius 3 is 2.74 bits per heavy atom. The van der Waals surface area contributed by atoms with Gasteiger partial charge in [0.2, 0.25) is 17.6 Å².